The van der Waals surface area contributed by atoms with E-state index in [1.165, 1.54) is 35.4 Å². The molecule has 3 aromatic rings. The van der Waals surface area contributed by atoms with Gasteiger partial charge in [-0.25, -0.2) is 8.78 Å². The van der Waals surface area contributed by atoms with Crippen LogP contribution < -0.4 is 0 Å². The zero-order valence-corrected chi connectivity index (χ0v) is 15.3. The maximum Gasteiger partial charge on any atom is 0.123 e. The first-order chi connectivity index (χ1) is 13.0. The first-order valence-corrected chi connectivity index (χ1v) is 9.05. The van der Waals surface area contributed by atoms with E-state index >= 15 is 0 Å². The molecule has 0 radical (unpaired) electrons. The van der Waals surface area contributed by atoms with Crippen LogP contribution in [0.15, 0.2) is 90.2 Å². The third-order valence-corrected chi connectivity index (χ3v) is 5.28. The normalized spacial score (nSPS) is 17.3. The van der Waals surface area contributed by atoms with Crippen LogP contribution in [0.25, 0.3) is 5.57 Å². The van der Waals surface area contributed by atoms with Crippen LogP contribution in [0.3, 0.4) is 0 Å². The van der Waals surface area contributed by atoms with Gasteiger partial charge in [-0.2, -0.15) is 0 Å². The molecule has 134 valence electrons. The number of rotatable bonds is 3. The van der Waals surface area contributed by atoms with Gasteiger partial charge in [0.25, 0.3) is 0 Å². The molecule has 0 nitrogen and oxygen atoms in total. The molecule has 4 rings (SSSR count). The standard InChI is InChI=1S/C25H20F2/c1-25(2)23(24(25)19-6-4-3-5-7-19)16-22(17-8-12-20(26)13-9-17)18-10-14-21(27)15-11-18/h3-15,24H,1-2H3. The second-order valence-corrected chi connectivity index (χ2v) is 7.49. The van der Waals surface area contributed by atoms with Crippen LogP contribution in [0, 0.1) is 17.0 Å². The average molecular weight is 358 g/mol. The first kappa shape index (κ1) is 17.5. The Morgan fingerprint density at radius 2 is 1.22 bits per heavy atom. The van der Waals surface area contributed by atoms with E-state index in [1.54, 1.807) is 24.3 Å². The van der Waals surface area contributed by atoms with Gasteiger partial charge in [-0.15, -0.1) is 5.73 Å². The van der Waals surface area contributed by atoms with Gasteiger partial charge in [-0.05, 0) is 46.5 Å². The van der Waals surface area contributed by atoms with Crippen LogP contribution >= 0.6 is 0 Å². The topological polar surface area (TPSA) is 0 Å². The van der Waals surface area contributed by atoms with E-state index in [0.29, 0.717) is 5.92 Å². The average Bonchev–Trinajstić information content (AvgIpc) is 3.22. The first-order valence-electron chi connectivity index (χ1n) is 9.05. The van der Waals surface area contributed by atoms with Gasteiger partial charge < -0.3 is 0 Å². The molecule has 1 unspecified atom stereocenters. The highest BCUT2D eigenvalue weighted by molar-refractivity contribution is 5.80. The highest BCUT2D eigenvalue weighted by Crippen LogP contribution is 2.63. The lowest BCUT2D eigenvalue weighted by Gasteiger charge is -2.06. The summed E-state index contributed by atoms with van der Waals surface area (Å²) in [4.78, 5) is 0. The number of halogens is 2. The van der Waals surface area contributed by atoms with Crippen LogP contribution in [-0.4, -0.2) is 0 Å². The van der Waals surface area contributed by atoms with Crippen molar-refractivity contribution in [2.75, 3.05) is 0 Å². The lowest BCUT2D eigenvalue weighted by atomic mass is 9.98. The van der Waals surface area contributed by atoms with Gasteiger partial charge in [-0.1, -0.05) is 68.4 Å². The maximum absolute atomic E-state index is 13.4. The SMILES string of the molecule is CC1(C)C(=C=C(c2ccc(F)cc2)c2ccc(F)cc2)C1c1ccccc1. The molecule has 0 bridgehead atoms. The molecular formula is C25H20F2. The van der Waals surface area contributed by atoms with Crippen molar-refractivity contribution in [2.45, 2.75) is 19.8 Å². The molecule has 1 aliphatic carbocycles. The molecule has 0 aromatic heterocycles. The fourth-order valence-corrected chi connectivity index (χ4v) is 3.69. The van der Waals surface area contributed by atoms with Gasteiger partial charge in [0, 0.05) is 16.9 Å². The summed E-state index contributed by atoms with van der Waals surface area (Å²) in [5, 5.41) is 0. The van der Waals surface area contributed by atoms with Crippen molar-refractivity contribution in [1.82, 2.24) is 0 Å². The maximum atomic E-state index is 13.4. The zero-order chi connectivity index (χ0) is 19.0. The van der Waals surface area contributed by atoms with E-state index in [0.717, 1.165) is 16.7 Å². The Kier molecular flexibility index (Phi) is 4.30. The predicted octanol–water partition coefficient (Wildman–Crippen LogP) is 6.75. The summed E-state index contributed by atoms with van der Waals surface area (Å²) in [6.07, 6.45) is 0. The van der Waals surface area contributed by atoms with E-state index < -0.39 is 0 Å². The summed E-state index contributed by atoms with van der Waals surface area (Å²) < 4.78 is 26.8. The minimum Gasteiger partial charge on any atom is -0.207 e. The third-order valence-electron chi connectivity index (χ3n) is 5.28. The minimum absolute atomic E-state index is 0.00661. The van der Waals surface area contributed by atoms with Gasteiger partial charge in [-0.3, -0.25) is 0 Å². The second kappa shape index (κ2) is 6.64. The van der Waals surface area contributed by atoms with Crippen molar-refractivity contribution in [3.05, 3.63) is 118 Å². The summed E-state index contributed by atoms with van der Waals surface area (Å²) in [6.45, 7) is 4.42. The van der Waals surface area contributed by atoms with Crippen LogP contribution in [-0.2, 0) is 0 Å². The summed E-state index contributed by atoms with van der Waals surface area (Å²) in [5.41, 5.74) is 8.66. The fraction of sp³-hybridized carbons (Fsp3) is 0.160. The molecule has 27 heavy (non-hydrogen) atoms. The van der Waals surface area contributed by atoms with Crippen molar-refractivity contribution in [3.63, 3.8) is 0 Å². The van der Waals surface area contributed by atoms with Gasteiger partial charge >= 0.3 is 0 Å². The zero-order valence-electron chi connectivity index (χ0n) is 15.3. The minimum atomic E-state index is -0.279. The molecule has 1 saturated carbocycles. The smallest absolute Gasteiger partial charge is 0.123 e. The van der Waals surface area contributed by atoms with Crippen molar-refractivity contribution >= 4 is 5.57 Å². The van der Waals surface area contributed by atoms with E-state index in [9.17, 15) is 8.78 Å². The predicted molar refractivity (Wildman–Crippen MR) is 105 cm³/mol. The molecule has 0 heterocycles. The highest BCUT2D eigenvalue weighted by Gasteiger charge is 2.53. The Morgan fingerprint density at radius 1 is 0.741 bits per heavy atom. The molecule has 0 spiro atoms. The molecule has 1 aliphatic rings. The molecular weight excluding hydrogens is 338 g/mol. The van der Waals surface area contributed by atoms with Crippen molar-refractivity contribution in [2.24, 2.45) is 5.41 Å². The quantitative estimate of drug-likeness (QED) is 0.455. The molecule has 1 atom stereocenters. The van der Waals surface area contributed by atoms with E-state index in [2.05, 4.69) is 31.7 Å². The van der Waals surface area contributed by atoms with Crippen LogP contribution in [0.4, 0.5) is 8.78 Å². The van der Waals surface area contributed by atoms with Crippen LogP contribution in [0.2, 0.25) is 0 Å². The number of hydrogen-bond acceptors (Lipinski definition) is 0. The summed E-state index contributed by atoms with van der Waals surface area (Å²) in [7, 11) is 0. The Hall–Kier alpha value is -2.96. The number of hydrogen-bond donors (Lipinski definition) is 0. The third kappa shape index (κ3) is 3.37. The Labute approximate surface area is 158 Å². The number of allylic oxidation sites excluding steroid dienone is 1. The molecule has 0 N–H and O–H groups in total. The molecule has 0 aliphatic heterocycles. The van der Waals surface area contributed by atoms with Crippen molar-refractivity contribution in [3.8, 4) is 0 Å². The Morgan fingerprint density at radius 3 is 1.70 bits per heavy atom. The molecule has 3 aromatic carbocycles. The van der Waals surface area contributed by atoms with Gasteiger partial charge in [0.05, 0.1) is 0 Å². The molecule has 0 saturated heterocycles. The van der Waals surface area contributed by atoms with Crippen molar-refractivity contribution < 1.29 is 8.78 Å². The van der Waals surface area contributed by atoms with Gasteiger partial charge in [0.2, 0.25) is 0 Å². The van der Waals surface area contributed by atoms with Gasteiger partial charge in [0.15, 0.2) is 0 Å². The lowest BCUT2D eigenvalue weighted by Crippen LogP contribution is -1.89. The summed E-state index contributed by atoms with van der Waals surface area (Å²) >= 11 is 0. The lowest BCUT2D eigenvalue weighted by molar-refractivity contribution is 0.627. The van der Waals surface area contributed by atoms with E-state index in [1.807, 2.05) is 18.2 Å². The summed E-state index contributed by atoms with van der Waals surface area (Å²) in [5.74, 6) is -0.257. The molecule has 0 amide bonds. The second-order valence-electron chi connectivity index (χ2n) is 7.49. The highest BCUT2D eigenvalue weighted by atomic mass is 19.1. The van der Waals surface area contributed by atoms with Crippen LogP contribution in [0.1, 0.15) is 36.5 Å². The summed E-state index contributed by atoms with van der Waals surface area (Å²) in [6, 6.07) is 23.1. The Balaban J connectivity index is 1.89. The van der Waals surface area contributed by atoms with Crippen LogP contribution in [0.5, 0.6) is 0 Å². The molecule has 1 fully saturated rings. The van der Waals surface area contributed by atoms with E-state index in [-0.39, 0.29) is 17.0 Å². The Bertz CT molecular complexity index is 972. The molecule has 2 heteroatoms. The largest absolute Gasteiger partial charge is 0.207 e. The van der Waals surface area contributed by atoms with Gasteiger partial charge in [0.1, 0.15) is 11.6 Å². The van der Waals surface area contributed by atoms with E-state index in [4.69, 9.17) is 0 Å². The monoisotopic (exact) mass is 358 g/mol. The fourth-order valence-electron chi connectivity index (χ4n) is 3.69. The number of benzene rings is 3. The van der Waals surface area contributed by atoms with Crippen molar-refractivity contribution in [1.29, 1.82) is 0 Å².